The van der Waals surface area contributed by atoms with Gasteiger partial charge in [-0.05, 0) is 18.7 Å². The van der Waals surface area contributed by atoms with Crippen LogP contribution in [0, 0.1) is 11.3 Å². The van der Waals surface area contributed by atoms with Gasteiger partial charge in [0.2, 0.25) is 0 Å². The number of nitriles is 1. The van der Waals surface area contributed by atoms with Crippen molar-refractivity contribution in [2.75, 3.05) is 38.5 Å². The van der Waals surface area contributed by atoms with Crippen LogP contribution < -0.4 is 0 Å². The first-order valence-electron chi connectivity index (χ1n) is 5.49. The van der Waals surface area contributed by atoms with Crippen molar-refractivity contribution in [2.45, 2.75) is 18.5 Å². The molecule has 1 fully saturated rings. The Balaban J connectivity index is 2.18. The van der Waals surface area contributed by atoms with E-state index in [1.54, 1.807) is 0 Å². The van der Waals surface area contributed by atoms with Gasteiger partial charge >= 0.3 is 5.51 Å². The first kappa shape index (κ1) is 14.6. The fourth-order valence-corrected chi connectivity index (χ4v) is 2.33. The standard InChI is InChI=1S/C10H16F3N3S/c1-9(8-14)16-4-2-15(3-5-16)6-7-17-10(11,12)13/h9H,2-7H2,1H3. The van der Waals surface area contributed by atoms with E-state index in [9.17, 15) is 13.2 Å². The topological polar surface area (TPSA) is 30.3 Å². The number of hydrogen-bond donors (Lipinski definition) is 0. The Morgan fingerprint density at radius 1 is 1.29 bits per heavy atom. The zero-order valence-electron chi connectivity index (χ0n) is 9.70. The van der Waals surface area contributed by atoms with Gasteiger partial charge in [0.1, 0.15) is 0 Å². The van der Waals surface area contributed by atoms with Gasteiger partial charge < -0.3 is 0 Å². The molecule has 0 aliphatic carbocycles. The average Bonchev–Trinajstić information content (AvgIpc) is 2.27. The minimum Gasteiger partial charge on any atom is -0.300 e. The van der Waals surface area contributed by atoms with Gasteiger partial charge in [-0.1, -0.05) is 0 Å². The Hall–Kier alpha value is -0.450. The van der Waals surface area contributed by atoms with Crippen molar-refractivity contribution >= 4 is 11.8 Å². The quantitative estimate of drug-likeness (QED) is 0.776. The molecule has 0 N–H and O–H groups in total. The van der Waals surface area contributed by atoms with Crippen molar-refractivity contribution in [1.29, 1.82) is 5.26 Å². The van der Waals surface area contributed by atoms with Crippen LogP contribution in [-0.2, 0) is 0 Å². The minimum absolute atomic E-state index is 0.0312. The second-order valence-electron chi connectivity index (χ2n) is 3.98. The zero-order chi connectivity index (χ0) is 12.9. The SMILES string of the molecule is CC(C#N)N1CCN(CCSC(F)(F)F)CC1. The van der Waals surface area contributed by atoms with Crippen molar-refractivity contribution in [3.63, 3.8) is 0 Å². The van der Waals surface area contributed by atoms with Crippen molar-refractivity contribution < 1.29 is 13.2 Å². The molecule has 1 aliphatic heterocycles. The van der Waals surface area contributed by atoms with Crippen LogP contribution in [0.4, 0.5) is 13.2 Å². The number of rotatable bonds is 4. The molecule has 1 aliphatic rings. The van der Waals surface area contributed by atoms with Crippen LogP contribution in [0.3, 0.4) is 0 Å². The Morgan fingerprint density at radius 3 is 2.35 bits per heavy atom. The van der Waals surface area contributed by atoms with E-state index < -0.39 is 5.51 Å². The molecule has 0 aromatic heterocycles. The number of hydrogen-bond acceptors (Lipinski definition) is 4. The molecule has 7 heteroatoms. The van der Waals surface area contributed by atoms with Crippen LogP contribution in [0.2, 0.25) is 0 Å². The monoisotopic (exact) mass is 267 g/mol. The Morgan fingerprint density at radius 2 is 1.88 bits per heavy atom. The summed E-state index contributed by atoms with van der Waals surface area (Å²) in [6.45, 7) is 5.29. The highest BCUT2D eigenvalue weighted by molar-refractivity contribution is 8.00. The molecule has 1 saturated heterocycles. The molecule has 0 aromatic rings. The first-order chi connectivity index (χ1) is 7.92. The van der Waals surface area contributed by atoms with Gasteiger partial charge in [0.05, 0.1) is 12.1 Å². The molecule has 1 rings (SSSR count). The number of piperazine rings is 1. The third kappa shape index (κ3) is 5.61. The van der Waals surface area contributed by atoms with Crippen molar-refractivity contribution in [3.8, 4) is 6.07 Å². The summed E-state index contributed by atoms with van der Waals surface area (Å²) in [7, 11) is 0. The average molecular weight is 267 g/mol. The highest BCUT2D eigenvalue weighted by Crippen LogP contribution is 2.29. The highest BCUT2D eigenvalue weighted by Gasteiger charge is 2.28. The van der Waals surface area contributed by atoms with E-state index in [1.165, 1.54) is 0 Å². The normalized spacial score (nSPS) is 21.1. The van der Waals surface area contributed by atoms with Gasteiger partial charge in [-0.25, -0.2) is 0 Å². The molecule has 0 aromatic carbocycles. The maximum atomic E-state index is 11.9. The summed E-state index contributed by atoms with van der Waals surface area (Å²) in [5.74, 6) is 0.0807. The number of halogens is 3. The largest absolute Gasteiger partial charge is 0.441 e. The lowest BCUT2D eigenvalue weighted by Gasteiger charge is -2.35. The summed E-state index contributed by atoms with van der Waals surface area (Å²) < 4.78 is 35.8. The summed E-state index contributed by atoms with van der Waals surface area (Å²) in [6, 6.07) is 2.06. The van der Waals surface area contributed by atoms with Crippen LogP contribution in [0.25, 0.3) is 0 Å². The summed E-state index contributed by atoms with van der Waals surface area (Å²) >= 11 is 0.0312. The number of alkyl halides is 3. The third-order valence-electron chi connectivity index (χ3n) is 2.81. The number of nitrogens with zero attached hydrogens (tertiary/aromatic N) is 3. The van der Waals surface area contributed by atoms with Crippen LogP contribution >= 0.6 is 11.8 Å². The van der Waals surface area contributed by atoms with E-state index in [1.807, 2.05) is 16.7 Å². The van der Waals surface area contributed by atoms with E-state index in [0.717, 1.165) is 26.2 Å². The van der Waals surface area contributed by atoms with E-state index in [2.05, 4.69) is 6.07 Å². The second-order valence-corrected chi connectivity index (χ2v) is 5.14. The molecule has 17 heavy (non-hydrogen) atoms. The predicted octanol–water partition coefficient (Wildman–Crippen LogP) is 1.77. The van der Waals surface area contributed by atoms with Crippen LogP contribution in [0.1, 0.15) is 6.92 Å². The highest BCUT2D eigenvalue weighted by atomic mass is 32.2. The molecule has 0 amide bonds. The summed E-state index contributed by atoms with van der Waals surface area (Å²) in [6.07, 6.45) is 0. The van der Waals surface area contributed by atoms with Crippen LogP contribution in [0.5, 0.6) is 0 Å². The molecule has 1 unspecified atom stereocenters. The van der Waals surface area contributed by atoms with Crippen molar-refractivity contribution in [1.82, 2.24) is 9.80 Å². The van der Waals surface area contributed by atoms with Crippen molar-refractivity contribution in [2.24, 2.45) is 0 Å². The van der Waals surface area contributed by atoms with Gasteiger partial charge in [-0.3, -0.25) is 9.80 Å². The van der Waals surface area contributed by atoms with Gasteiger partial charge in [0.25, 0.3) is 0 Å². The van der Waals surface area contributed by atoms with Crippen molar-refractivity contribution in [3.05, 3.63) is 0 Å². The molecule has 0 radical (unpaired) electrons. The zero-order valence-corrected chi connectivity index (χ0v) is 10.5. The predicted molar refractivity (Wildman–Crippen MR) is 61.6 cm³/mol. The molecular formula is C10H16F3N3S. The Labute approximate surface area is 104 Å². The van der Waals surface area contributed by atoms with E-state index >= 15 is 0 Å². The summed E-state index contributed by atoms with van der Waals surface area (Å²) in [5, 5.41) is 8.75. The molecule has 0 saturated carbocycles. The first-order valence-corrected chi connectivity index (χ1v) is 6.47. The lowest BCUT2D eigenvalue weighted by atomic mass is 10.2. The third-order valence-corrected chi connectivity index (χ3v) is 3.53. The maximum absolute atomic E-state index is 11.9. The fraction of sp³-hybridized carbons (Fsp3) is 0.900. The molecular weight excluding hydrogens is 251 g/mol. The molecule has 0 spiro atoms. The van der Waals surface area contributed by atoms with Crippen LogP contribution in [0.15, 0.2) is 0 Å². The van der Waals surface area contributed by atoms with Crippen LogP contribution in [-0.4, -0.2) is 59.8 Å². The molecule has 1 heterocycles. The Kier molecular flexibility index (Phi) is 5.56. The lowest BCUT2D eigenvalue weighted by Crippen LogP contribution is -2.49. The molecule has 1 atom stereocenters. The fourth-order valence-electron chi connectivity index (χ4n) is 1.75. The van der Waals surface area contributed by atoms with E-state index in [4.69, 9.17) is 5.26 Å². The van der Waals surface area contributed by atoms with Gasteiger partial charge in [-0.15, -0.1) is 0 Å². The van der Waals surface area contributed by atoms with Gasteiger partial charge in [0, 0.05) is 38.5 Å². The minimum atomic E-state index is -4.13. The van der Waals surface area contributed by atoms with Gasteiger partial charge in [0.15, 0.2) is 0 Å². The summed E-state index contributed by atoms with van der Waals surface area (Å²) in [5.41, 5.74) is -4.13. The van der Waals surface area contributed by atoms with E-state index in [0.29, 0.717) is 6.54 Å². The molecule has 3 nitrogen and oxygen atoms in total. The molecule has 0 bridgehead atoms. The summed E-state index contributed by atoms with van der Waals surface area (Å²) in [4.78, 5) is 4.06. The van der Waals surface area contributed by atoms with Gasteiger partial charge in [-0.2, -0.15) is 18.4 Å². The lowest BCUT2D eigenvalue weighted by molar-refractivity contribution is -0.0329. The van der Waals surface area contributed by atoms with E-state index in [-0.39, 0.29) is 23.6 Å². The number of thioether (sulfide) groups is 1. The maximum Gasteiger partial charge on any atom is 0.441 e. The second kappa shape index (κ2) is 6.47. The molecule has 98 valence electrons. The smallest absolute Gasteiger partial charge is 0.300 e. The Bertz CT molecular complexity index is 269.